The van der Waals surface area contributed by atoms with E-state index in [9.17, 15) is 24.3 Å². The average molecular weight is 362 g/mol. The summed E-state index contributed by atoms with van der Waals surface area (Å²) < 4.78 is 10.5. The van der Waals surface area contributed by atoms with Gasteiger partial charge < -0.3 is 14.6 Å². The molecular weight excluding hydrogens is 340 g/mol. The van der Waals surface area contributed by atoms with Gasteiger partial charge in [0.15, 0.2) is 0 Å². The number of carbonyl (C=O) groups excluding carboxylic acids is 4. The molecule has 1 heterocycles. The van der Waals surface area contributed by atoms with Crippen molar-refractivity contribution in [3.63, 3.8) is 0 Å². The quantitative estimate of drug-likeness (QED) is 0.602. The summed E-state index contributed by atoms with van der Waals surface area (Å²) in [6.07, 6.45) is 0.535. The first-order valence-corrected chi connectivity index (χ1v) is 8.54. The third-order valence-electron chi connectivity index (χ3n) is 4.29. The molecule has 1 N–H and O–H groups in total. The monoisotopic (exact) mass is 362 g/mol. The number of Topliss-reactive ketones (excluding diaryl/α,β-unsaturated/α-hetero) is 3. The molecule has 7 heteroatoms. The summed E-state index contributed by atoms with van der Waals surface area (Å²) in [4.78, 5) is 47.9. The molecule has 1 aliphatic rings. The molecule has 0 aliphatic carbocycles. The van der Waals surface area contributed by atoms with Crippen molar-refractivity contribution in [2.24, 2.45) is 0 Å². The zero-order valence-electron chi connectivity index (χ0n) is 14.9. The molecule has 0 spiro atoms. The maximum absolute atomic E-state index is 12.5. The molecule has 1 aromatic carbocycles. The van der Waals surface area contributed by atoms with E-state index in [1.54, 1.807) is 13.0 Å². The van der Waals surface area contributed by atoms with Crippen molar-refractivity contribution in [2.45, 2.75) is 51.6 Å². The summed E-state index contributed by atoms with van der Waals surface area (Å²) in [6.45, 7) is 1.67. The van der Waals surface area contributed by atoms with E-state index in [1.807, 2.05) is 0 Å². The lowest BCUT2D eigenvalue weighted by molar-refractivity contribution is -0.144. The molecule has 0 saturated carbocycles. The van der Waals surface area contributed by atoms with Crippen molar-refractivity contribution in [2.75, 3.05) is 7.11 Å². The molecule has 1 aromatic rings. The highest BCUT2D eigenvalue weighted by Gasteiger charge is 2.25. The van der Waals surface area contributed by atoms with Crippen LogP contribution >= 0.6 is 0 Å². The normalized spacial score (nSPS) is 20.2. The van der Waals surface area contributed by atoms with Gasteiger partial charge in [-0.3, -0.25) is 14.4 Å². The summed E-state index contributed by atoms with van der Waals surface area (Å²) in [5, 5.41) is 10.2. The van der Waals surface area contributed by atoms with Crippen LogP contribution in [0.5, 0.6) is 11.5 Å². The van der Waals surface area contributed by atoms with Gasteiger partial charge in [0.25, 0.3) is 5.78 Å². The number of phenols is 1. The van der Waals surface area contributed by atoms with Crippen LogP contribution in [0.1, 0.15) is 54.9 Å². The number of carbonyl (C=O) groups is 4. The number of cyclic esters (lactones) is 1. The van der Waals surface area contributed by atoms with Gasteiger partial charge in [0, 0.05) is 18.9 Å². The van der Waals surface area contributed by atoms with Gasteiger partial charge in [-0.05, 0) is 44.2 Å². The Morgan fingerprint density at radius 1 is 1.04 bits per heavy atom. The van der Waals surface area contributed by atoms with Gasteiger partial charge in [-0.25, -0.2) is 4.79 Å². The zero-order chi connectivity index (χ0) is 19.3. The molecular formula is C19H22O7. The third-order valence-corrected chi connectivity index (χ3v) is 4.29. The van der Waals surface area contributed by atoms with Crippen LogP contribution in [0, 0.1) is 0 Å². The van der Waals surface area contributed by atoms with E-state index >= 15 is 0 Å². The predicted octanol–water partition coefficient (Wildman–Crippen LogP) is 2.16. The minimum atomic E-state index is -0.972. The summed E-state index contributed by atoms with van der Waals surface area (Å²) >= 11 is 0. The number of aromatic hydroxyl groups is 1. The van der Waals surface area contributed by atoms with Gasteiger partial charge in [0.2, 0.25) is 11.6 Å². The summed E-state index contributed by atoms with van der Waals surface area (Å²) in [6, 6.07) is 2.91. The number of aryl methyl sites for hydroxylation is 1. The second kappa shape index (κ2) is 8.60. The number of methoxy groups -OCH3 is 1. The Kier molecular flexibility index (Phi) is 6.49. The fourth-order valence-electron chi connectivity index (χ4n) is 2.88. The molecule has 0 bridgehead atoms. The number of ether oxygens (including phenoxy) is 2. The van der Waals surface area contributed by atoms with E-state index in [-0.39, 0.29) is 37.0 Å². The van der Waals surface area contributed by atoms with Crippen LogP contribution in [0.25, 0.3) is 0 Å². The number of hydrogen-bond donors (Lipinski definition) is 1. The third kappa shape index (κ3) is 4.68. The van der Waals surface area contributed by atoms with Gasteiger partial charge in [0.05, 0.1) is 13.2 Å². The Morgan fingerprint density at radius 3 is 2.35 bits per heavy atom. The SMILES string of the molecule is COc1cc(O)c2c(c1)CCCC(=O)C(=O)C(=O)CCCC(C)OC2=O. The molecule has 7 nitrogen and oxygen atoms in total. The fraction of sp³-hybridized carbons (Fsp3) is 0.474. The van der Waals surface area contributed by atoms with Gasteiger partial charge >= 0.3 is 5.97 Å². The van der Waals surface area contributed by atoms with Crippen molar-refractivity contribution in [1.29, 1.82) is 0 Å². The Bertz CT molecular complexity index is 736. The van der Waals surface area contributed by atoms with Gasteiger partial charge in [-0.15, -0.1) is 0 Å². The van der Waals surface area contributed by atoms with Gasteiger partial charge in [0.1, 0.15) is 17.1 Å². The van der Waals surface area contributed by atoms with Crippen LogP contribution in [0.3, 0.4) is 0 Å². The van der Waals surface area contributed by atoms with E-state index in [2.05, 4.69) is 0 Å². The first-order valence-electron chi connectivity index (χ1n) is 8.54. The molecule has 26 heavy (non-hydrogen) atoms. The number of ketones is 3. The zero-order valence-corrected chi connectivity index (χ0v) is 14.9. The number of rotatable bonds is 1. The maximum atomic E-state index is 12.5. The molecule has 2 rings (SSSR count). The average Bonchev–Trinajstić information content (AvgIpc) is 2.59. The minimum absolute atomic E-state index is 0.0320. The molecule has 1 atom stereocenters. The van der Waals surface area contributed by atoms with Crippen molar-refractivity contribution < 1.29 is 33.8 Å². The van der Waals surface area contributed by atoms with E-state index in [1.165, 1.54) is 13.2 Å². The minimum Gasteiger partial charge on any atom is -0.507 e. The summed E-state index contributed by atoms with van der Waals surface area (Å²) in [5.41, 5.74) is 0.493. The molecule has 0 radical (unpaired) electrons. The standard InChI is InChI=1S/C19H22O7/c1-11-5-3-7-14(20)18(23)15(21)8-4-6-12-9-13(25-2)10-16(22)17(12)19(24)26-11/h9-11,22H,3-8H2,1-2H3. The van der Waals surface area contributed by atoms with Crippen LogP contribution in [0.15, 0.2) is 12.1 Å². The van der Waals surface area contributed by atoms with Crippen molar-refractivity contribution >= 4 is 23.3 Å². The predicted molar refractivity (Wildman–Crippen MR) is 91.3 cm³/mol. The molecule has 1 aliphatic heterocycles. The van der Waals surface area contributed by atoms with E-state index in [0.29, 0.717) is 24.2 Å². The summed E-state index contributed by atoms with van der Waals surface area (Å²) in [7, 11) is 1.43. The number of phenolic OH excluding ortho intramolecular Hbond substituents is 1. The fourth-order valence-corrected chi connectivity index (χ4v) is 2.88. The maximum Gasteiger partial charge on any atom is 0.342 e. The lowest BCUT2D eigenvalue weighted by Crippen LogP contribution is -2.25. The Balaban J connectivity index is 2.35. The van der Waals surface area contributed by atoms with Crippen LogP contribution in [0.4, 0.5) is 0 Å². The highest BCUT2D eigenvalue weighted by Crippen LogP contribution is 2.30. The molecule has 0 saturated heterocycles. The molecule has 0 fully saturated rings. The smallest absolute Gasteiger partial charge is 0.342 e. The van der Waals surface area contributed by atoms with Crippen LogP contribution in [0.2, 0.25) is 0 Å². The lowest BCUT2D eigenvalue weighted by atomic mass is 9.97. The highest BCUT2D eigenvalue weighted by molar-refractivity contribution is 6.63. The van der Waals surface area contributed by atoms with Crippen molar-refractivity contribution in [3.05, 3.63) is 23.3 Å². The molecule has 0 aromatic heterocycles. The second-order valence-corrected chi connectivity index (χ2v) is 6.32. The highest BCUT2D eigenvalue weighted by atomic mass is 16.5. The van der Waals surface area contributed by atoms with E-state index in [0.717, 1.165) is 0 Å². The Morgan fingerprint density at radius 2 is 1.69 bits per heavy atom. The second-order valence-electron chi connectivity index (χ2n) is 6.32. The van der Waals surface area contributed by atoms with Gasteiger partial charge in [-0.1, -0.05) is 0 Å². The van der Waals surface area contributed by atoms with Crippen molar-refractivity contribution in [1.82, 2.24) is 0 Å². The van der Waals surface area contributed by atoms with E-state index in [4.69, 9.17) is 9.47 Å². The number of benzene rings is 1. The van der Waals surface area contributed by atoms with Crippen LogP contribution in [-0.4, -0.2) is 41.6 Å². The first-order chi connectivity index (χ1) is 12.3. The van der Waals surface area contributed by atoms with Gasteiger partial charge in [-0.2, -0.15) is 0 Å². The first kappa shape index (κ1) is 19.6. The molecule has 0 amide bonds. The number of hydrogen-bond acceptors (Lipinski definition) is 7. The largest absolute Gasteiger partial charge is 0.507 e. The topological polar surface area (TPSA) is 107 Å². The van der Waals surface area contributed by atoms with E-state index < -0.39 is 29.4 Å². The molecule has 1 unspecified atom stereocenters. The van der Waals surface area contributed by atoms with Crippen LogP contribution < -0.4 is 4.74 Å². The molecule has 140 valence electrons. The lowest BCUT2D eigenvalue weighted by Gasteiger charge is -2.17. The Hall–Kier alpha value is -2.70. The van der Waals surface area contributed by atoms with Crippen LogP contribution in [-0.2, 0) is 25.5 Å². The Labute approximate surface area is 151 Å². The number of fused-ring (bicyclic) bond motifs is 1. The van der Waals surface area contributed by atoms with Crippen molar-refractivity contribution in [3.8, 4) is 11.5 Å². The summed E-state index contributed by atoms with van der Waals surface area (Å²) in [5.74, 6) is -2.97. The number of esters is 1.